The van der Waals surface area contributed by atoms with Crippen LogP contribution in [-0.2, 0) is 4.79 Å². The highest BCUT2D eigenvalue weighted by atomic mass is 19.1. The summed E-state index contributed by atoms with van der Waals surface area (Å²) in [5.41, 5.74) is -0.290. The van der Waals surface area contributed by atoms with Crippen molar-refractivity contribution in [2.75, 3.05) is 32.7 Å². The Bertz CT molecular complexity index is 468. The first kappa shape index (κ1) is 14.9. The number of rotatable bonds is 3. The smallest absolute Gasteiger partial charge is 0.219 e. The summed E-state index contributed by atoms with van der Waals surface area (Å²) in [6, 6.07) is 3.54. The van der Waals surface area contributed by atoms with Gasteiger partial charge < -0.3 is 10.0 Å². The first-order chi connectivity index (χ1) is 9.49. The summed E-state index contributed by atoms with van der Waals surface area (Å²) in [5, 5.41) is 10.0. The second-order valence-electron chi connectivity index (χ2n) is 4.96. The van der Waals surface area contributed by atoms with Gasteiger partial charge in [-0.05, 0) is 12.1 Å². The molecule has 0 spiro atoms. The maximum atomic E-state index is 13.6. The van der Waals surface area contributed by atoms with E-state index in [1.54, 1.807) is 4.90 Å². The zero-order chi connectivity index (χ0) is 14.7. The van der Waals surface area contributed by atoms with Crippen LogP contribution in [0.25, 0.3) is 0 Å². The van der Waals surface area contributed by atoms with Gasteiger partial charge in [-0.25, -0.2) is 8.78 Å². The van der Waals surface area contributed by atoms with E-state index in [0.717, 1.165) is 12.1 Å². The molecular formula is C14H18F2N2O2. The third-order valence-corrected chi connectivity index (χ3v) is 3.58. The number of amides is 1. The van der Waals surface area contributed by atoms with Gasteiger partial charge in [-0.3, -0.25) is 9.69 Å². The number of carbonyl (C=O) groups excluding carboxylic acids is 1. The van der Waals surface area contributed by atoms with Gasteiger partial charge in [0.25, 0.3) is 0 Å². The monoisotopic (exact) mass is 284 g/mol. The zero-order valence-corrected chi connectivity index (χ0v) is 11.4. The van der Waals surface area contributed by atoms with Crippen molar-refractivity contribution < 1.29 is 18.7 Å². The van der Waals surface area contributed by atoms with E-state index in [0.29, 0.717) is 26.2 Å². The second-order valence-corrected chi connectivity index (χ2v) is 4.96. The average molecular weight is 284 g/mol. The molecule has 1 aromatic rings. The lowest BCUT2D eigenvalue weighted by Crippen LogP contribution is -2.49. The molecule has 4 nitrogen and oxygen atoms in total. The molecule has 0 bridgehead atoms. The highest BCUT2D eigenvalue weighted by molar-refractivity contribution is 5.73. The van der Waals surface area contributed by atoms with Gasteiger partial charge >= 0.3 is 0 Å². The van der Waals surface area contributed by atoms with Crippen LogP contribution < -0.4 is 0 Å². The van der Waals surface area contributed by atoms with Crippen LogP contribution in [0, 0.1) is 11.6 Å². The fourth-order valence-electron chi connectivity index (χ4n) is 2.41. The highest BCUT2D eigenvalue weighted by Crippen LogP contribution is 2.21. The van der Waals surface area contributed by atoms with Crippen molar-refractivity contribution in [3.8, 4) is 0 Å². The van der Waals surface area contributed by atoms with E-state index in [-0.39, 0.29) is 18.0 Å². The lowest BCUT2D eigenvalue weighted by atomic mass is 10.1. The molecule has 0 aliphatic carbocycles. The van der Waals surface area contributed by atoms with Gasteiger partial charge in [-0.15, -0.1) is 0 Å². The van der Waals surface area contributed by atoms with E-state index in [2.05, 4.69) is 0 Å². The Morgan fingerprint density at radius 2 is 1.80 bits per heavy atom. The Balaban J connectivity index is 1.96. The number of nitrogens with zero attached hydrogens (tertiary/aromatic N) is 2. The number of halogens is 2. The largest absolute Gasteiger partial charge is 0.387 e. The van der Waals surface area contributed by atoms with Gasteiger partial charge in [-0.2, -0.15) is 0 Å². The van der Waals surface area contributed by atoms with E-state index in [4.69, 9.17) is 0 Å². The minimum absolute atomic E-state index is 0.0188. The highest BCUT2D eigenvalue weighted by Gasteiger charge is 2.24. The number of hydrogen-bond acceptors (Lipinski definition) is 3. The molecule has 1 N–H and O–H groups in total. The normalized spacial score (nSPS) is 18.1. The van der Waals surface area contributed by atoms with E-state index in [1.165, 1.54) is 13.0 Å². The maximum absolute atomic E-state index is 13.6. The van der Waals surface area contributed by atoms with Crippen LogP contribution in [-0.4, -0.2) is 53.5 Å². The van der Waals surface area contributed by atoms with Crippen molar-refractivity contribution in [3.63, 3.8) is 0 Å². The first-order valence-corrected chi connectivity index (χ1v) is 6.59. The maximum Gasteiger partial charge on any atom is 0.219 e. The molecule has 1 unspecified atom stereocenters. The summed E-state index contributed by atoms with van der Waals surface area (Å²) < 4.78 is 27.1. The standard InChI is InChI=1S/C14H18F2N2O2/c1-10(19)18-7-5-17(6-8-18)9-13(20)14-11(15)3-2-4-12(14)16/h2-4,13,20H,5-9H2,1H3. The Morgan fingerprint density at radius 3 is 2.30 bits per heavy atom. The van der Waals surface area contributed by atoms with Crippen LogP contribution >= 0.6 is 0 Å². The number of aliphatic hydroxyl groups excluding tert-OH is 1. The summed E-state index contributed by atoms with van der Waals surface area (Å²) in [6.07, 6.45) is -1.21. The van der Waals surface area contributed by atoms with Crippen molar-refractivity contribution in [1.29, 1.82) is 0 Å². The Morgan fingerprint density at radius 1 is 1.25 bits per heavy atom. The number of hydrogen-bond donors (Lipinski definition) is 1. The van der Waals surface area contributed by atoms with Gasteiger partial charge in [0.05, 0.1) is 11.7 Å². The Kier molecular flexibility index (Phi) is 4.67. The number of carbonyl (C=O) groups is 1. The van der Waals surface area contributed by atoms with Crippen LogP contribution in [0.5, 0.6) is 0 Å². The van der Waals surface area contributed by atoms with E-state index in [9.17, 15) is 18.7 Å². The van der Waals surface area contributed by atoms with Crippen molar-refractivity contribution in [2.24, 2.45) is 0 Å². The fraction of sp³-hybridized carbons (Fsp3) is 0.500. The zero-order valence-electron chi connectivity index (χ0n) is 11.4. The van der Waals surface area contributed by atoms with Gasteiger partial charge in [0.15, 0.2) is 0 Å². The number of piperazine rings is 1. The summed E-state index contributed by atoms with van der Waals surface area (Å²) in [4.78, 5) is 14.8. The minimum atomic E-state index is -1.21. The summed E-state index contributed by atoms with van der Waals surface area (Å²) >= 11 is 0. The van der Waals surface area contributed by atoms with Gasteiger partial charge in [0, 0.05) is 39.6 Å². The Labute approximate surface area is 116 Å². The van der Waals surface area contributed by atoms with E-state index >= 15 is 0 Å². The molecule has 1 atom stereocenters. The molecule has 2 rings (SSSR count). The fourth-order valence-corrected chi connectivity index (χ4v) is 2.41. The molecule has 1 fully saturated rings. The van der Waals surface area contributed by atoms with Gasteiger partial charge in [-0.1, -0.05) is 6.07 Å². The van der Waals surface area contributed by atoms with Crippen LogP contribution in [0.1, 0.15) is 18.6 Å². The number of aliphatic hydroxyl groups is 1. The third kappa shape index (κ3) is 3.32. The molecule has 110 valence electrons. The lowest BCUT2D eigenvalue weighted by Gasteiger charge is -2.35. The molecule has 6 heteroatoms. The summed E-state index contributed by atoms with van der Waals surface area (Å²) in [6.45, 7) is 3.99. The van der Waals surface area contributed by atoms with Gasteiger partial charge in [0.2, 0.25) is 5.91 Å². The van der Waals surface area contributed by atoms with E-state index in [1.807, 2.05) is 4.90 Å². The second kappa shape index (κ2) is 6.28. The van der Waals surface area contributed by atoms with E-state index < -0.39 is 17.7 Å². The predicted molar refractivity (Wildman–Crippen MR) is 70.0 cm³/mol. The topological polar surface area (TPSA) is 43.8 Å². The first-order valence-electron chi connectivity index (χ1n) is 6.59. The minimum Gasteiger partial charge on any atom is -0.387 e. The third-order valence-electron chi connectivity index (χ3n) is 3.58. The molecule has 1 aliphatic heterocycles. The molecule has 0 saturated carbocycles. The van der Waals surface area contributed by atoms with Crippen LogP contribution in [0.15, 0.2) is 18.2 Å². The molecule has 20 heavy (non-hydrogen) atoms. The van der Waals surface area contributed by atoms with Gasteiger partial charge in [0.1, 0.15) is 11.6 Å². The molecule has 1 saturated heterocycles. The van der Waals surface area contributed by atoms with Crippen molar-refractivity contribution in [2.45, 2.75) is 13.0 Å². The predicted octanol–water partition coefficient (Wildman–Crippen LogP) is 1.16. The number of β-amino-alcohol motifs (C(OH)–C–C–N with tert-alkyl or cyclic N) is 1. The van der Waals surface area contributed by atoms with Crippen molar-refractivity contribution >= 4 is 5.91 Å². The molecule has 1 aliphatic rings. The molecular weight excluding hydrogens is 266 g/mol. The number of benzene rings is 1. The van der Waals surface area contributed by atoms with Crippen LogP contribution in [0.4, 0.5) is 8.78 Å². The van der Waals surface area contributed by atoms with Crippen LogP contribution in [0.2, 0.25) is 0 Å². The summed E-state index contributed by atoms with van der Waals surface area (Å²) in [5.74, 6) is -1.45. The van der Waals surface area contributed by atoms with Crippen molar-refractivity contribution in [3.05, 3.63) is 35.4 Å². The van der Waals surface area contributed by atoms with Crippen molar-refractivity contribution in [1.82, 2.24) is 9.80 Å². The molecule has 1 aromatic carbocycles. The lowest BCUT2D eigenvalue weighted by molar-refractivity contribution is -0.130. The SMILES string of the molecule is CC(=O)N1CCN(CC(O)c2c(F)cccc2F)CC1. The molecule has 1 heterocycles. The molecule has 0 radical (unpaired) electrons. The van der Waals surface area contributed by atoms with Crippen LogP contribution in [0.3, 0.4) is 0 Å². The molecule has 0 aromatic heterocycles. The molecule has 1 amide bonds. The summed E-state index contributed by atoms with van der Waals surface area (Å²) in [7, 11) is 0. The average Bonchev–Trinajstić information content (AvgIpc) is 2.39. The quantitative estimate of drug-likeness (QED) is 0.906. The Hall–Kier alpha value is -1.53.